The van der Waals surface area contributed by atoms with Gasteiger partial charge < -0.3 is 18.9 Å². The zero-order valence-corrected chi connectivity index (χ0v) is 18.2. The molecule has 2 aliphatic heterocycles. The quantitative estimate of drug-likeness (QED) is 0.548. The summed E-state index contributed by atoms with van der Waals surface area (Å²) < 4.78 is 26.4. The first-order valence-corrected chi connectivity index (χ1v) is 12.1. The van der Waals surface area contributed by atoms with Crippen LogP contribution in [-0.2, 0) is 18.9 Å². The molecule has 4 nitrogen and oxygen atoms in total. The molecule has 5 atom stereocenters. The maximum absolute atomic E-state index is 6.69. The Hall–Kier alpha value is -0.390. The normalized spacial score (nSPS) is 54.0. The highest BCUT2D eigenvalue weighted by atomic mass is 35.5. The van der Waals surface area contributed by atoms with Crippen molar-refractivity contribution in [1.29, 1.82) is 0 Å². The molecule has 4 aliphatic carbocycles. The third kappa shape index (κ3) is 2.26. The van der Waals surface area contributed by atoms with E-state index in [1.54, 1.807) is 11.1 Å². The Bertz CT molecular complexity index is 735. The molecule has 5 heteroatoms. The number of fused-ring (bicyclic) bond motifs is 4. The van der Waals surface area contributed by atoms with Crippen LogP contribution in [-0.4, -0.2) is 38.0 Å². The van der Waals surface area contributed by atoms with Crippen molar-refractivity contribution in [2.24, 2.45) is 28.6 Å². The van der Waals surface area contributed by atoms with Gasteiger partial charge in [-0.25, -0.2) is 0 Å². The van der Waals surface area contributed by atoms with E-state index < -0.39 is 17.0 Å². The van der Waals surface area contributed by atoms with Gasteiger partial charge in [0, 0.05) is 18.4 Å². The Morgan fingerprint density at radius 3 is 2.41 bits per heavy atom. The Morgan fingerprint density at radius 2 is 1.69 bits per heavy atom. The van der Waals surface area contributed by atoms with E-state index in [0.29, 0.717) is 44.2 Å². The topological polar surface area (TPSA) is 36.9 Å². The number of allylic oxidation sites excluding steroid dienone is 2. The molecule has 6 rings (SSSR count). The SMILES string of the molecule is C[C@]12CCCCC1=CC[C@H]1[C@@H]3CCC45OCCOC(C[C@@H]12)(OCCO4)[C@@]35/C=C\Cl. The van der Waals surface area contributed by atoms with Gasteiger partial charge in [0.1, 0.15) is 5.41 Å². The lowest BCUT2D eigenvalue weighted by Gasteiger charge is -2.63. The molecular weight excluding hydrogens is 388 g/mol. The standard InChI is InChI=1S/C24H33ClO4/c1-21-8-3-2-4-17(21)5-6-18-19-7-9-23-22(19,10-11-25)24(16-20(18)21,28-14-12-26-23)29-15-13-27-23/h5,10-11,18-20H,2-4,6-9,12-16H2,1H3/b11-10-/t18-,19-,20-,21-,22-,23?,24?/m0/s1. The lowest BCUT2D eigenvalue weighted by Crippen LogP contribution is -2.68. The molecule has 2 saturated heterocycles. The van der Waals surface area contributed by atoms with Crippen molar-refractivity contribution in [2.45, 2.75) is 69.9 Å². The Balaban J connectivity index is 1.56. The van der Waals surface area contributed by atoms with Gasteiger partial charge in [-0.2, -0.15) is 0 Å². The fraction of sp³-hybridized carbons (Fsp3) is 0.833. The van der Waals surface area contributed by atoms with Gasteiger partial charge in [-0.3, -0.25) is 0 Å². The zero-order valence-electron chi connectivity index (χ0n) is 17.5. The summed E-state index contributed by atoms with van der Waals surface area (Å²) in [5, 5.41) is 0. The molecule has 2 bridgehead atoms. The van der Waals surface area contributed by atoms with E-state index >= 15 is 0 Å². The van der Waals surface area contributed by atoms with Gasteiger partial charge in [0.25, 0.3) is 0 Å². The van der Waals surface area contributed by atoms with Crippen molar-refractivity contribution in [3.63, 3.8) is 0 Å². The van der Waals surface area contributed by atoms with E-state index in [1.165, 1.54) is 25.7 Å². The van der Waals surface area contributed by atoms with Gasteiger partial charge in [-0.05, 0) is 55.3 Å². The van der Waals surface area contributed by atoms with Crippen LogP contribution in [0, 0.1) is 28.6 Å². The molecule has 0 aromatic carbocycles. The Morgan fingerprint density at radius 1 is 0.966 bits per heavy atom. The molecule has 0 unspecified atom stereocenters. The molecule has 0 spiro atoms. The van der Waals surface area contributed by atoms with Gasteiger partial charge in [0.15, 0.2) is 11.6 Å². The minimum Gasteiger partial charge on any atom is -0.346 e. The minimum atomic E-state index is -0.712. The third-order valence-electron chi connectivity index (χ3n) is 9.57. The van der Waals surface area contributed by atoms with E-state index in [9.17, 15) is 0 Å². The highest BCUT2D eigenvalue weighted by Gasteiger charge is 2.78. The summed E-state index contributed by atoms with van der Waals surface area (Å²) in [4.78, 5) is 0. The van der Waals surface area contributed by atoms with Crippen LogP contribution in [0.2, 0.25) is 0 Å². The summed E-state index contributed by atoms with van der Waals surface area (Å²) in [7, 11) is 0. The molecule has 5 fully saturated rings. The fourth-order valence-corrected chi connectivity index (χ4v) is 8.72. The van der Waals surface area contributed by atoms with E-state index in [1.807, 2.05) is 0 Å². The summed E-state index contributed by atoms with van der Waals surface area (Å²) in [5.74, 6) is 0.177. The average Bonchev–Trinajstić information content (AvgIpc) is 2.89. The van der Waals surface area contributed by atoms with E-state index in [4.69, 9.17) is 30.5 Å². The van der Waals surface area contributed by atoms with Gasteiger partial charge in [-0.1, -0.05) is 42.7 Å². The lowest BCUT2D eigenvalue weighted by molar-refractivity contribution is -0.355. The van der Waals surface area contributed by atoms with Crippen LogP contribution >= 0.6 is 11.6 Å². The summed E-state index contributed by atoms with van der Waals surface area (Å²) in [6, 6.07) is 0. The van der Waals surface area contributed by atoms with Crippen LogP contribution in [0.15, 0.2) is 23.3 Å². The summed E-state index contributed by atoms with van der Waals surface area (Å²) in [6.45, 7) is 4.72. The summed E-state index contributed by atoms with van der Waals surface area (Å²) in [6.07, 6.45) is 14.0. The monoisotopic (exact) mass is 420 g/mol. The molecule has 0 N–H and O–H groups in total. The number of hydrogen-bond acceptors (Lipinski definition) is 4. The molecule has 6 aliphatic rings. The highest BCUT2D eigenvalue weighted by Crippen LogP contribution is 2.73. The van der Waals surface area contributed by atoms with Gasteiger partial charge in [0.2, 0.25) is 0 Å². The van der Waals surface area contributed by atoms with Crippen LogP contribution in [0.3, 0.4) is 0 Å². The lowest BCUT2D eigenvalue weighted by atomic mass is 9.45. The minimum absolute atomic E-state index is 0.269. The van der Waals surface area contributed by atoms with Crippen LogP contribution in [0.4, 0.5) is 0 Å². The third-order valence-corrected chi connectivity index (χ3v) is 9.69. The second kappa shape index (κ2) is 6.56. The molecule has 0 amide bonds. The molecular formula is C24H33ClO4. The number of ether oxygens (including phenoxy) is 4. The van der Waals surface area contributed by atoms with Crippen LogP contribution in [0.1, 0.15) is 58.3 Å². The zero-order chi connectivity index (χ0) is 19.7. The molecule has 2 heterocycles. The maximum Gasteiger partial charge on any atom is 0.183 e. The van der Waals surface area contributed by atoms with Crippen molar-refractivity contribution in [3.8, 4) is 0 Å². The van der Waals surface area contributed by atoms with Gasteiger partial charge in [-0.15, -0.1) is 0 Å². The van der Waals surface area contributed by atoms with E-state index in [-0.39, 0.29) is 5.41 Å². The average molecular weight is 421 g/mol. The van der Waals surface area contributed by atoms with Crippen molar-refractivity contribution < 1.29 is 18.9 Å². The number of halogens is 1. The number of hydrogen-bond donors (Lipinski definition) is 0. The predicted molar refractivity (Wildman–Crippen MR) is 110 cm³/mol. The largest absolute Gasteiger partial charge is 0.346 e. The highest BCUT2D eigenvalue weighted by molar-refractivity contribution is 6.25. The van der Waals surface area contributed by atoms with Gasteiger partial charge in [0.05, 0.1) is 26.4 Å². The Kier molecular flexibility index (Phi) is 4.36. The van der Waals surface area contributed by atoms with Crippen molar-refractivity contribution in [3.05, 3.63) is 23.3 Å². The smallest absolute Gasteiger partial charge is 0.183 e. The van der Waals surface area contributed by atoms with Crippen molar-refractivity contribution in [2.75, 3.05) is 26.4 Å². The molecule has 160 valence electrons. The fourth-order valence-electron chi connectivity index (χ4n) is 8.52. The molecule has 3 saturated carbocycles. The van der Waals surface area contributed by atoms with E-state index in [0.717, 1.165) is 25.7 Å². The summed E-state index contributed by atoms with van der Waals surface area (Å²) in [5.41, 5.74) is 3.16. The van der Waals surface area contributed by atoms with Gasteiger partial charge >= 0.3 is 0 Å². The molecule has 0 aromatic heterocycles. The second-order valence-electron chi connectivity index (χ2n) is 10.3. The first-order valence-electron chi connectivity index (χ1n) is 11.6. The molecule has 0 aromatic rings. The van der Waals surface area contributed by atoms with E-state index in [2.05, 4.69) is 19.1 Å². The molecule has 29 heavy (non-hydrogen) atoms. The number of rotatable bonds is 1. The molecule has 0 radical (unpaired) electrons. The first kappa shape index (κ1) is 19.3. The van der Waals surface area contributed by atoms with Crippen LogP contribution in [0.25, 0.3) is 0 Å². The first-order chi connectivity index (χ1) is 14.1. The maximum atomic E-state index is 6.69. The van der Waals surface area contributed by atoms with Crippen LogP contribution < -0.4 is 0 Å². The van der Waals surface area contributed by atoms with Crippen molar-refractivity contribution >= 4 is 11.6 Å². The predicted octanol–water partition coefficient (Wildman–Crippen LogP) is 5.17. The Labute approximate surface area is 178 Å². The van der Waals surface area contributed by atoms with Crippen LogP contribution in [0.5, 0.6) is 0 Å². The van der Waals surface area contributed by atoms with Crippen molar-refractivity contribution in [1.82, 2.24) is 0 Å². The summed E-state index contributed by atoms with van der Waals surface area (Å²) >= 11 is 6.32. The second-order valence-corrected chi connectivity index (χ2v) is 10.5.